The fraction of sp³-hybridized carbons (Fsp3) is 0.0250. The Hall–Kier alpha value is -6.07. The maximum atomic E-state index is 6.09. The smallest absolute Gasteiger partial charge is 0.164 e. The van der Waals surface area contributed by atoms with E-state index < -0.39 is 0 Å². The number of para-hydroxylation sites is 1. The summed E-state index contributed by atoms with van der Waals surface area (Å²) in [6, 6.07) is 38.8. The summed E-state index contributed by atoms with van der Waals surface area (Å²) in [5.41, 5.74) is 8.31. The Morgan fingerprint density at radius 1 is 0.511 bits per heavy atom. The van der Waals surface area contributed by atoms with Gasteiger partial charge in [0.15, 0.2) is 17.5 Å². The first-order chi connectivity index (χ1) is 22.2. The Balaban J connectivity index is 1.34. The van der Waals surface area contributed by atoms with Crippen LogP contribution in [0.15, 0.2) is 137 Å². The van der Waals surface area contributed by atoms with Crippen LogP contribution in [0.1, 0.15) is 18.2 Å². The summed E-state index contributed by atoms with van der Waals surface area (Å²) in [6.07, 6.45) is 5.78. The first-order valence-corrected chi connectivity index (χ1v) is 14.8. The predicted octanol–water partition coefficient (Wildman–Crippen LogP) is 10.9. The summed E-state index contributed by atoms with van der Waals surface area (Å²) >= 11 is 0. The minimum absolute atomic E-state index is 0.576. The number of aromatic nitrogens is 3. The molecule has 0 radical (unpaired) electrons. The number of nitrogens with zero attached hydrogens (tertiary/aromatic N) is 3. The van der Waals surface area contributed by atoms with Gasteiger partial charge in [0.1, 0.15) is 22.5 Å². The van der Waals surface area contributed by atoms with Crippen molar-refractivity contribution < 1.29 is 8.83 Å². The van der Waals surface area contributed by atoms with Gasteiger partial charge in [0.05, 0.1) is 0 Å². The van der Waals surface area contributed by atoms with E-state index in [2.05, 4.69) is 49.0 Å². The molecule has 5 heteroatoms. The molecular weight excluding hydrogens is 554 g/mol. The van der Waals surface area contributed by atoms with E-state index in [1.54, 1.807) is 6.08 Å². The highest BCUT2D eigenvalue weighted by atomic mass is 16.3. The summed E-state index contributed by atoms with van der Waals surface area (Å²) in [4.78, 5) is 15.1. The number of benzene rings is 5. The van der Waals surface area contributed by atoms with Crippen molar-refractivity contribution in [3.63, 3.8) is 0 Å². The number of rotatable bonds is 6. The van der Waals surface area contributed by atoms with Crippen molar-refractivity contribution in [1.82, 2.24) is 15.0 Å². The van der Waals surface area contributed by atoms with Gasteiger partial charge in [-0.2, -0.15) is 0 Å². The zero-order valence-corrected chi connectivity index (χ0v) is 24.6. The molecule has 214 valence electrons. The number of fused-ring (bicyclic) bond motifs is 4. The molecule has 0 N–H and O–H groups in total. The third-order valence-electron chi connectivity index (χ3n) is 8.03. The average Bonchev–Trinajstić information content (AvgIpc) is 3.66. The van der Waals surface area contributed by atoms with Crippen molar-refractivity contribution in [1.29, 1.82) is 0 Å². The second-order valence-electron chi connectivity index (χ2n) is 10.9. The van der Waals surface area contributed by atoms with Crippen LogP contribution in [0.25, 0.3) is 90.4 Å². The molecule has 0 atom stereocenters. The zero-order valence-electron chi connectivity index (χ0n) is 24.6. The van der Waals surface area contributed by atoms with Crippen molar-refractivity contribution >= 4 is 45.1 Å². The van der Waals surface area contributed by atoms with Crippen LogP contribution in [-0.2, 0) is 0 Å². The van der Waals surface area contributed by atoms with Crippen molar-refractivity contribution in [3.05, 3.63) is 139 Å². The molecule has 3 heterocycles. The van der Waals surface area contributed by atoms with Crippen molar-refractivity contribution in [2.75, 3.05) is 0 Å². The lowest BCUT2D eigenvalue weighted by Gasteiger charge is -2.10. The molecule has 0 saturated heterocycles. The van der Waals surface area contributed by atoms with E-state index in [0.717, 1.165) is 72.0 Å². The first-order valence-electron chi connectivity index (χ1n) is 14.8. The van der Waals surface area contributed by atoms with Gasteiger partial charge >= 0.3 is 0 Å². The summed E-state index contributed by atoms with van der Waals surface area (Å²) in [5, 5.41) is 3.05. The number of furan rings is 2. The first kappa shape index (κ1) is 26.5. The number of hydrogen-bond acceptors (Lipinski definition) is 5. The highest BCUT2D eigenvalue weighted by Gasteiger charge is 2.17. The molecule has 45 heavy (non-hydrogen) atoms. The van der Waals surface area contributed by atoms with Crippen molar-refractivity contribution in [2.45, 2.75) is 6.92 Å². The SMILES string of the molecule is C=Cc1oc2ccc(-c3nc(-c4cccc(-c5ccccc5)c4)nc(-c4ccc5oc6ccccc6c5c4)n3)cc2c1/C=C\C. The van der Waals surface area contributed by atoms with Gasteiger partial charge in [-0.05, 0) is 72.7 Å². The minimum Gasteiger partial charge on any atom is -0.456 e. The van der Waals surface area contributed by atoms with E-state index in [1.165, 1.54) is 0 Å². The highest BCUT2D eigenvalue weighted by Crippen LogP contribution is 2.35. The Bertz CT molecular complexity index is 2410. The van der Waals surface area contributed by atoms with E-state index in [-0.39, 0.29) is 0 Å². The molecule has 0 aliphatic rings. The standard InChI is InChI=1S/C40H27N3O2/c1-3-11-30-32-23-28(18-20-36(32)44-34(30)4-2)39-41-38(27-15-10-14-26(22-27)25-12-6-5-7-13-25)42-40(43-39)29-19-21-37-33(24-29)31-16-8-9-17-35(31)45-37/h3-24H,2H2,1H3/b11-3-. The fourth-order valence-electron chi connectivity index (χ4n) is 5.86. The summed E-state index contributed by atoms with van der Waals surface area (Å²) < 4.78 is 12.2. The molecule has 0 unspecified atom stereocenters. The van der Waals surface area contributed by atoms with E-state index in [9.17, 15) is 0 Å². The Morgan fingerprint density at radius 3 is 1.80 bits per heavy atom. The van der Waals surface area contributed by atoms with Crippen LogP contribution in [0.3, 0.4) is 0 Å². The molecule has 0 spiro atoms. The Labute approximate surface area is 259 Å². The lowest BCUT2D eigenvalue weighted by Crippen LogP contribution is -2.00. The predicted molar refractivity (Wildman–Crippen MR) is 183 cm³/mol. The van der Waals surface area contributed by atoms with Gasteiger partial charge in [0.25, 0.3) is 0 Å². The molecule has 0 fully saturated rings. The molecular formula is C40H27N3O2. The molecule has 8 aromatic rings. The fourth-order valence-corrected chi connectivity index (χ4v) is 5.86. The number of allylic oxidation sites excluding steroid dienone is 1. The molecule has 5 aromatic carbocycles. The van der Waals surface area contributed by atoms with Crippen LogP contribution in [0.4, 0.5) is 0 Å². The van der Waals surface area contributed by atoms with Crippen LogP contribution in [0.2, 0.25) is 0 Å². The molecule has 5 nitrogen and oxygen atoms in total. The van der Waals surface area contributed by atoms with Crippen molar-refractivity contribution in [3.8, 4) is 45.3 Å². The molecule has 0 amide bonds. The van der Waals surface area contributed by atoms with Gasteiger partial charge in [-0.25, -0.2) is 15.0 Å². The third kappa shape index (κ3) is 4.71. The largest absolute Gasteiger partial charge is 0.456 e. The molecule has 3 aromatic heterocycles. The van der Waals surface area contributed by atoms with E-state index in [1.807, 2.05) is 91.9 Å². The van der Waals surface area contributed by atoms with E-state index in [0.29, 0.717) is 17.5 Å². The average molecular weight is 582 g/mol. The maximum absolute atomic E-state index is 6.09. The summed E-state index contributed by atoms with van der Waals surface area (Å²) in [6.45, 7) is 5.93. The van der Waals surface area contributed by atoms with Crippen LogP contribution in [0, 0.1) is 0 Å². The van der Waals surface area contributed by atoms with E-state index >= 15 is 0 Å². The third-order valence-corrected chi connectivity index (χ3v) is 8.03. The lowest BCUT2D eigenvalue weighted by atomic mass is 10.0. The monoisotopic (exact) mass is 581 g/mol. The van der Waals surface area contributed by atoms with Gasteiger partial charge < -0.3 is 8.83 Å². The Morgan fingerprint density at radius 2 is 1.09 bits per heavy atom. The number of hydrogen-bond donors (Lipinski definition) is 0. The van der Waals surface area contributed by atoms with Gasteiger partial charge in [-0.3, -0.25) is 0 Å². The minimum atomic E-state index is 0.576. The second-order valence-corrected chi connectivity index (χ2v) is 10.9. The molecule has 0 bridgehead atoms. The molecule has 0 aliphatic heterocycles. The summed E-state index contributed by atoms with van der Waals surface area (Å²) in [7, 11) is 0. The topological polar surface area (TPSA) is 65.0 Å². The van der Waals surface area contributed by atoms with Gasteiger partial charge in [0.2, 0.25) is 0 Å². The van der Waals surface area contributed by atoms with Gasteiger partial charge in [-0.15, -0.1) is 0 Å². The molecule has 0 aliphatic carbocycles. The van der Waals surface area contributed by atoms with Gasteiger partial charge in [0, 0.05) is 38.4 Å². The van der Waals surface area contributed by atoms with Crippen LogP contribution in [-0.4, -0.2) is 15.0 Å². The van der Waals surface area contributed by atoms with Crippen molar-refractivity contribution in [2.24, 2.45) is 0 Å². The zero-order chi connectivity index (χ0) is 30.3. The lowest BCUT2D eigenvalue weighted by molar-refractivity contribution is 0.603. The van der Waals surface area contributed by atoms with Crippen LogP contribution >= 0.6 is 0 Å². The second kappa shape index (κ2) is 10.9. The van der Waals surface area contributed by atoms with Gasteiger partial charge in [-0.1, -0.05) is 85.5 Å². The molecule has 0 saturated carbocycles. The maximum Gasteiger partial charge on any atom is 0.164 e. The highest BCUT2D eigenvalue weighted by molar-refractivity contribution is 6.06. The summed E-state index contributed by atoms with van der Waals surface area (Å²) in [5.74, 6) is 2.49. The normalized spacial score (nSPS) is 11.7. The van der Waals surface area contributed by atoms with Crippen LogP contribution < -0.4 is 0 Å². The molecule has 8 rings (SSSR count). The Kier molecular flexibility index (Phi) is 6.42. The quantitative estimate of drug-likeness (QED) is 0.195. The van der Waals surface area contributed by atoms with Crippen LogP contribution in [0.5, 0.6) is 0 Å². The van der Waals surface area contributed by atoms with E-state index in [4.69, 9.17) is 23.8 Å².